The van der Waals surface area contributed by atoms with Gasteiger partial charge in [0.05, 0.1) is 0 Å². The van der Waals surface area contributed by atoms with E-state index in [-0.39, 0.29) is 0 Å². The van der Waals surface area contributed by atoms with Crippen LogP contribution in [0.5, 0.6) is 0 Å². The van der Waals surface area contributed by atoms with E-state index in [1.807, 2.05) is 12.3 Å². The Kier molecular flexibility index (Phi) is 4.82. The van der Waals surface area contributed by atoms with Gasteiger partial charge in [0.15, 0.2) is 0 Å². The molecule has 0 aromatic heterocycles. The lowest BCUT2D eigenvalue weighted by molar-refractivity contribution is 0.964. The van der Waals surface area contributed by atoms with Crippen molar-refractivity contribution in [2.45, 2.75) is 26.2 Å². The number of allylic oxidation sites excluding steroid dienone is 2. The molecule has 0 bridgehead atoms. The predicted octanol–water partition coefficient (Wildman–Crippen LogP) is 3.61. The third-order valence-electron chi connectivity index (χ3n) is 2.55. The summed E-state index contributed by atoms with van der Waals surface area (Å²) in [4.78, 5) is 3.92. The summed E-state index contributed by atoms with van der Waals surface area (Å²) < 4.78 is 0. The van der Waals surface area contributed by atoms with Crippen LogP contribution < -0.4 is 0 Å². The molecule has 0 heterocycles. The summed E-state index contributed by atoms with van der Waals surface area (Å²) in [6.07, 6.45) is 7.08. The highest BCUT2D eigenvalue weighted by molar-refractivity contribution is 5.71. The molecule has 1 unspecified atom stereocenters. The molecular formula is C14H19N. The second kappa shape index (κ2) is 6.18. The minimum absolute atomic E-state index is 0.453. The first-order valence-corrected chi connectivity index (χ1v) is 5.45. The van der Waals surface area contributed by atoms with Crippen molar-refractivity contribution in [2.75, 3.05) is 7.05 Å². The summed E-state index contributed by atoms with van der Waals surface area (Å²) in [5.41, 5.74) is 2.75. The molecule has 15 heavy (non-hydrogen) atoms. The first-order valence-electron chi connectivity index (χ1n) is 5.45. The highest BCUT2D eigenvalue weighted by atomic mass is 14.6. The van der Waals surface area contributed by atoms with Crippen LogP contribution in [0.25, 0.3) is 0 Å². The van der Waals surface area contributed by atoms with E-state index in [1.165, 1.54) is 11.1 Å². The molecule has 1 atom stereocenters. The summed E-state index contributed by atoms with van der Waals surface area (Å²) in [5, 5.41) is 0. The van der Waals surface area contributed by atoms with E-state index in [2.05, 4.69) is 49.2 Å². The fourth-order valence-corrected chi connectivity index (χ4v) is 1.47. The van der Waals surface area contributed by atoms with E-state index in [9.17, 15) is 0 Å². The fraction of sp³-hybridized carbons (Fsp3) is 0.357. The highest BCUT2D eigenvalue weighted by Crippen LogP contribution is 2.17. The maximum atomic E-state index is 3.92. The minimum atomic E-state index is 0.453. The Bertz CT molecular complexity index is 333. The van der Waals surface area contributed by atoms with Gasteiger partial charge in [0.2, 0.25) is 0 Å². The molecule has 0 fully saturated rings. The first kappa shape index (κ1) is 11.7. The van der Waals surface area contributed by atoms with Crippen LogP contribution >= 0.6 is 0 Å². The quantitative estimate of drug-likeness (QED) is 0.660. The van der Waals surface area contributed by atoms with E-state index < -0.39 is 0 Å². The van der Waals surface area contributed by atoms with E-state index in [1.54, 1.807) is 7.05 Å². The molecule has 1 nitrogen and oxygen atoms in total. The summed E-state index contributed by atoms with van der Waals surface area (Å²) in [5.74, 6) is 0.453. The van der Waals surface area contributed by atoms with E-state index in [4.69, 9.17) is 0 Å². The van der Waals surface area contributed by atoms with Crippen LogP contribution in [-0.2, 0) is 6.42 Å². The van der Waals surface area contributed by atoms with Crippen LogP contribution in [0.3, 0.4) is 0 Å². The maximum absolute atomic E-state index is 3.92. The number of nitrogens with zero attached hydrogens (tertiary/aromatic N) is 1. The largest absolute Gasteiger partial charge is 0.297 e. The molecule has 80 valence electrons. The van der Waals surface area contributed by atoms with Gasteiger partial charge in [0.1, 0.15) is 0 Å². The van der Waals surface area contributed by atoms with Crippen molar-refractivity contribution in [3.63, 3.8) is 0 Å². The van der Waals surface area contributed by atoms with Crippen molar-refractivity contribution in [1.82, 2.24) is 0 Å². The van der Waals surface area contributed by atoms with Crippen molar-refractivity contribution in [3.8, 4) is 0 Å². The molecule has 0 aliphatic rings. The molecule has 1 aromatic rings. The normalized spacial score (nSPS) is 13.8. The predicted molar refractivity (Wildman–Crippen MR) is 67.8 cm³/mol. The van der Waals surface area contributed by atoms with Gasteiger partial charge in [0, 0.05) is 13.3 Å². The molecule has 0 spiro atoms. The Labute approximate surface area is 92.6 Å². The minimum Gasteiger partial charge on any atom is -0.297 e. The second-order valence-electron chi connectivity index (χ2n) is 3.68. The van der Waals surface area contributed by atoms with Crippen molar-refractivity contribution >= 4 is 6.21 Å². The molecule has 0 aliphatic carbocycles. The lowest BCUT2D eigenvalue weighted by atomic mass is 9.99. The van der Waals surface area contributed by atoms with Crippen molar-refractivity contribution in [2.24, 2.45) is 4.99 Å². The van der Waals surface area contributed by atoms with Crippen LogP contribution in [-0.4, -0.2) is 13.3 Å². The van der Waals surface area contributed by atoms with Gasteiger partial charge >= 0.3 is 0 Å². The molecule has 0 saturated carbocycles. The average Bonchev–Trinajstić information content (AvgIpc) is 2.29. The average molecular weight is 201 g/mol. The van der Waals surface area contributed by atoms with Crippen LogP contribution in [0.15, 0.2) is 41.4 Å². The topological polar surface area (TPSA) is 12.4 Å². The monoisotopic (exact) mass is 201 g/mol. The molecule has 0 aliphatic heterocycles. The molecule has 1 aromatic carbocycles. The van der Waals surface area contributed by atoms with Gasteiger partial charge < -0.3 is 0 Å². The van der Waals surface area contributed by atoms with Crippen molar-refractivity contribution in [3.05, 3.63) is 47.5 Å². The Morgan fingerprint density at radius 3 is 2.47 bits per heavy atom. The SMILES string of the molecule is CCc1ccc(C(C)/C=C\C=NC)cc1. The van der Waals surface area contributed by atoms with Crippen LogP contribution in [0.1, 0.15) is 30.9 Å². The summed E-state index contributed by atoms with van der Waals surface area (Å²) in [6.45, 7) is 4.37. The Morgan fingerprint density at radius 1 is 1.27 bits per heavy atom. The number of hydrogen-bond acceptors (Lipinski definition) is 1. The van der Waals surface area contributed by atoms with Gasteiger partial charge in [-0.2, -0.15) is 0 Å². The zero-order valence-corrected chi connectivity index (χ0v) is 9.77. The van der Waals surface area contributed by atoms with Crippen molar-refractivity contribution in [1.29, 1.82) is 0 Å². The van der Waals surface area contributed by atoms with Gasteiger partial charge in [-0.25, -0.2) is 0 Å². The maximum Gasteiger partial charge on any atom is 0.0277 e. The number of aliphatic imine (C=N–C) groups is 1. The third-order valence-corrected chi connectivity index (χ3v) is 2.55. The lowest BCUT2D eigenvalue weighted by Crippen LogP contribution is -1.90. The number of hydrogen-bond donors (Lipinski definition) is 0. The molecule has 0 radical (unpaired) electrons. The zero-order valence-electron chi connectivity index (χ0n) is 9.77. The Balaban J connectivity index is 2.69. The van der Waals surface area contributed by atoms with Gasteiger partial charge in [-0.05, 0) is 29.5 Å². The van der Waals surface area contributed by atoms with Gasteiger partial charge in [-0.15, -0.1) is 0 Å². The fourth-order valence-electron chi connectivity index (χ4n) is 1.47. The standard InChI is InChI=1S/C14H19N/c1-4-13-7-9-14(10-8-13)12(2)6-5-11-15-3/h5-12H,4H2,1-3H3/b6-5-,15-11?. The molecule has 1 rings (SSSR count). The summed E-state index contributed by atoms with van der Waals surface area (Å²) in [7, 11) is 1.78. The smallest absolute Gasteiger partial charge is 0.0277 e. The summed E-state index contributed by atoms with van der Waals surface area (Å²) in [6, 6.07) is 8.81. The third kappa shape index (κ3) is 3.70. The Hall–Kier alpha value is -1.37. The van der Waals surface area contributed by atoms with Crippen LogP contribution in [0, 0.1) is 0 Å². The Morgan fingerprint density at radius 2 is 1.93 bits per heavy atom. The number of benzene rings is 1. The zero-order chi connectivity index (χ0) is 11.1. The van der Waals surface area contributed by atoms with Gasteiger partial charge in [0.25, 0.3) is 0 Å². The number of aryl methyl sites for hydroxylation is 1. The van der Waals surface area contributed by atoms with Crippen LogP contribution in [0.2, 0.25) is 0 Å². The molecule has 0 N–H and O–H groups in total. The summed E-state index contributed by atoms with van der Waals surface area (Å²) >= 11 is 0. The molecule has 0 saturated heterocycles. The van der Waals surface area contributed by atoms with E-state index >= 15 is 0 Å². The van der Waals surface area contributed by atoms with E-state index in [0.29, 0.717) is 5.92 Å². The first-order chi connectivity index (χ1) is 7.27. The number of rotatable bonds is 4. The highest BCUT2D eigenvalue weighted by Gasteiger charge is 1.99. The lowest BCUT2D eigenvalue weighted by Gasteiger charge is -2.06. The van der Waals surface area contributed by atoms with Crippen LogP contribution in [0.4, 0.5) is 0 Å². The van der Waals surface area contributed by atoms with Crippen molar-refractivity contribution < 1.29 is 0 Å². The van der Waals surface area contributed by atoms with E-state index in [0.717, 1.165) is 6.42 Å². The molecule has 1 heteroatoms. The van der Waals surface area contributed by atoms with Gasteiger partial charge in [-0.3, -0.25) is 4.99 Å². The second-order valence-corrected chi connectivity index (χ2v) is 3.68. The molecular weight excluding hydrogens is 182 g/mol. The van der Waals surface area contributed by atoms with Gasteiger partial charge in [-0.1, -0.05) is 44.2 Å². The molecule has 0 amide bonds.